The molecule has 0 radical (unpaired) electrons. The molecule has 1 aliphatic carbocycles. The highest BCUT2D eigenvalue weighted by Crippen LogP contribution is 2.44. The number of amides is 1. The van der Waals surface area contributed by atoms with Gasteiger partial charge in [0.1, 0.15) is 6.61 Å². The van der Waals surface area contributed by atoms with Crippen LogP contribution in [0.2, 0.25) is 0 Å². The smallest absolute Gasteiger partial charge is 0.411 e. The van der Waals surface area contributed by atoms with Crippen LogP contribution in [-0.4, -0.2) is 38.8 Å². The van der Waals surface area contributed by atoms with Crippen LogP contribution < -0.4 is 5.32 Å². The fraction of sp³-hybridized carbons (Fsp3) is 0.0833. The molecule has 5 rings (SSSR count). The number of nitrogens with one attached hydrogen (secondary N) is 1. The molecule has 1 amide bonds. The number of rotatable bonds is 5. The van der Waals surface area contributed by atoms with E-state index in [4.69, 9.17) is 9.84 Å². The van der Waals surface area contributed by atoms with E-state index in [9.17, 15) is 9.59 Å². The van der Waals surface area contributed by atoms with Gasteiger partial charge in [-0.3, -0.25) is 5.32 Å². The molecule has 0 aliphatic heterocycles. The number of anilines is 1. The molecule has 8 nitrogen and oxygen atoms in total. The summed E-state index contributed by atoms with van der Waals surface area (Å²) in [4.78, 5) is 23.5. The van der Waals surface area contributed by atoms with Gasteiger partial charge >= 0.3 is 12.1 Å². The van der Waals surface area contributed by atoms with E-state index in [0.29, 0.717) is 11.4 Å². The summed E-state index contributed by atoms with van der Waals surface area (Å²) in [6.45, 7) is 0.213. The van der Waals surface area contributed by atoms with E-state index in [1.807, 2.05) is 24.3 Å². The number of carbonyl (C=O) groups is 2. The predicted molar refractivity (Wildman–Crippen MR) is 117 cm³/mol. The highest BCUT2D eigenvalue weighted by Gasteiger charge is 2.29. The summed E-state index contributed by atoms with van der Waals surface area (Å²) >= 11 is 0. The Morgan fingerprint density at radius 1 is 0.969 bits per heavy atom. The third-order valence-corrected chi connectivity index (χ3v) is 5.41. The topological polar surface area (TPSA) is 106 Å². The molecule has 1 heterocycles. The van der Waals surface area contributed by atoms with E-state index in [0.717, 1.165) is 11.1 Å². The number of carboxylic acid groups (broad SMARTS) is 1. The van der Waals surface area contributed by atoms with Crippen molar-refractivity contribution in [2.45, 2.75) is 5.92 Å². The summed E-state index contributed by atoms with van der Waals surface area (Å²) in [5.41, 5.74) is 5.50. The van der Waals surface area contributed by atoms with E-state index < -0.39 is 12.1 Å². The minimum absolute atomic E-state index is 0.0240. The Balaban J connectivity index is 1.28. The van der Waals surface area contributed by atoms with Crippen LogP contribution in [0.5, 0.6) is 0 Å². The molecule has 1 aliphatic rings. The third kappa shape index (κ3) is 3.58. The zero-order valence-electron chi connectivity index (χ0n) is 16.8. The quantitative estimate of drug-likeness (QED) is 0.492. The molecule has 3 aromatic carbocycles. The Kier molecular flexibility index (Phi) is 4.87. The predicted octanol–water partition coefficient (Wildman–Crippen LogP) is 4.33. The molecule has 0 fully saturated rings. The Labute approximate surface area is 183 Å². The lowest BCUT2D eigenvalue weighted by atomic mass is 9.98. The van der Waals surface area contributed by atoms with Crippen molar-refractivity contribution in [1.29, 1.82) is 0 Å². The number of carboxylic acids is 1. The van der Waals surface area contributed by atoms with Gasteiger partial charge in [0.25, 0.3) is 0 Å². The average Bonchev–Trinajstić information content (AvgIpc) is 3.42. The van der Waals surface area contributed by atoms with E-state index in [-0.39, 0.29) is 18.2 Å². The molecule has 0 unspecified atom stereocenters. The first-order valence-corrected chi connectivity index (χ1v) is 9.98. The van der Waals surface area contributed by atoms with Crippen molar-refractivity contribution in [3.05, 3.63) is 95.8 Å². The lowest BCUT2D eigenvalue weighted by Gasteiger charge is -2.14. The standard InChI is InChI=1S/C24H18N4O4/c29-23(30)22-13-28(27-26-22)16-7-5-6-15(12-16)25-24(31)32-14-21-19-10-3-1-8-17(19)18-9-2-4-11-20(18)21/h1-13,21H,14H2,(H,25,31)(H,29,30). The Morgan fingerprint density at radius 2 is 1.66 bits per heavy atom. The number of hydrogen-bond acceptors (Lipinski definition) is 5. The zero-order valence-corrected chi connectivity index (χ0v) is 16.8. The van der Waals surface area contributed by atoms with Gasteiger partial charge in [0.2, 0.25) is 0 Å². The Morgan fingerprint density at radius 3 is 2.31 bits per heavy atom. The molecule has 158 valence electrons. The van der Waals surface area contributed by atoms with Gasteiger partial charge in [0.05, 0.1) is 11.9 Å². The first-order valence-electron chi connectivity index (χ1n) is 9.98. The van der Waals surface area contributed by atoms with Crippen molar-refractivity contribution < 1.29 is 19.4 Å². The second-order valence-corrected chi connectivity index (χ2v) is 7.35. The van der Waals surface area contributed by atoms with E-state index in [1.54, 1.807) is 24.3 Å². The fourth-order valence-corrected chi connectivity index (χ4v) is 3.97. The molecule has 32 heavy (non-hydrogen) atoms. The first-order chi connectivity index (χ1) is 15.6. The van der Waals surface area contributed by atoms with E-state index in [1.165, 1.54) is 22.0 Å². The Hall–Kier alpha value is -4.46. The van der Waals surface area contributed by atoms with Crippen molar-refractivity contribution in [2.75, 3.05) is 11.9 Å². The molecular formula is C24H18N4O4. The molecule has 0 atom stereocenters. The van der Waals surface area contributed by atoms with Crippen LogP contribution in [0.3, 0.4) is 0 Å². The second kappa shape index (κ2) is 7.99. The summed E-state index contributed by atoms with van der Waals surface area (Å²) in [5, 5.41) is 19.1. The van der Waals surface area contributed by atoms with Gasteiger partial charge in [0.15, 0.2) is 5.69 Å². The number of aromatic carboxylic acids is 1. The molecular weight excluding hydrogens is 408 g/mol. The minimum Gasteiger partial charge on any atom is -0.476 e. The van der Waals surface area contributed by atoms with E-state index in [2.05, 4.69) is 39.9 Å². The number of carbonyl (C=O) groups excluding carboxylic acids is 1. The molecule has 4 aromatic rings. The number of hydrogen-bond donors (Lipinski definition) is 2. The van der Waals surface area contributed by atoms with Gasteiger partial charge in [-0.2, -0.15) is 0 Å². The van der Waals surface area contributed by atoms with Crippen LogP contribution in [0.25, 0.3) is 16.8 Å². The molecule has 1 aromatic heterocycles. The van der Waals surface area contributed by atoms with Crippen LogP contribution in [-0.2, 0) is 4.74 Å². The van der Waals surface area contributed by atoms with Gasteiger partial charge in [-0.25, -0.2) is 14.3 Å². The molecule has 0 saturated heterocycles. The average molecular weight is 426 g/mol. The van der Waals surface area contributed by atoms with E-state index >= 15 is 0 Å². The number of nitrogens with zero attached hydrogens (tertiary/aromatic N) is 3. The van der Waals surface area contributed by atoms with Crippen LogP contribution >= 0.6 is 0 Å². The molecule has 0 saturated carbocycles. The Bertz CT molecular complexity index is 1290. The summed E-state index contributed by atoms with van der Waals surface area (Å²) in [6.07, 6.45) is 0.725. The largest absolute Gasteiger partial charge is 0.476 e. The van der Waals surface area contributed by atoms with Crippen LogP contribution in [0.1, 0.15) is 27.5 Å². The van der Waals surface area contributed by atoms with Gasteiger partial charge in [-0.15, -0.1) is 5.10 Å². The number of benzene rings is 3. The maximum atomic E-state index is 12.5. The minimum atomic E-state index is -1.16. The third-order valence-electron chi connectivity index (χ3n) is 5.41. The highest BCUT2D eigenvalue weighted by atomic mass is 16.5. The number of fused-ring (bicyclic) bond motifs is 3. The number of aromatic nitrogens is 3. The summed E-state index contributed by atoms with van der Waals surface area (Å²) in [5.74, 6) is -1.19. The maximum absolute atomic E-state index is 12.5. The van der Waals surface area contributed by atoms with Crippen molar-refractivity contribution in [3.8, 4) is 16.8 Å². The normalized spacial score (nSPS) is 12.1. The van der Waals surface area contributed by atoms with Crippen molar-refractivity contribution in [3.63, 3.8) is 0 Å². The SMILES string of the molecule is O=C(Nc1cccc(-n2cc(C(=O)O)nn2)c1)OCC1c2ccccc2-c2ccccc21. The van der Waals surface area contributed by atoms with Gasteiger partial charge < -0.3 is 9.84 Å². The lowest BCUT2D eigenvalue weighted by Crippen LogP contribution is -2.18. The fourth-order valence-electron chi connectivity index (χ4n) is 3.97. The van der Waals surface area contributed by atoms with Crippen LogP contribution in [0, 0.1) is 0 Å². The first kappa shape index (κ1) is 19.5. The monoisotopic (exact) mass is 426 g/mol. The summed E-state index contributed by atoms with van der Waals surface area (Å²) in [6, 6.07) is 23.1. The van der Waals surface area contributed by atoms with Gasteiger partial charge in [0, 0.05) is 11.6 Å². The van der Waals surface area contributed by atoms with Gasteiger partial charge in [-0.1, -0.05) is 59.8 Å². The second-order valence-electron chi connectivity index (χ2n) is 7.35. The molecule has 0 bridgehead atoms. The van der Waals surface area contributed by atoms with Crippen molar-refractivity contribution >= 4 is 17.7 Å². The zero-order chi connectivity index (χ0) is 22.1. The number of ether oxygens (including phenoxy) is 1. The van der Waals surface area contributed by atoms with Crippen LogP contribution in [0.15, 0.2) is 79.0 Å². The summed E-state index contributed by atoms with van der Waals surface area (Å²) in [7, 11) is 0. The summed E-state index contributed by atoms with van der Waals surface area (Å²) < 4.78 is 6.89. The maximum Gasteiger partial charge on any atom is 0.411 e. The molecule has 8 heteroatoms. The molecule has 0 spiro atoms. The van der Waals surface area contributed by atoms with Crippen molar-refractivity contribution in [1.82, 2.24) is 15.0 Å². The van der Waals surface area contributed by atoms with Crippen LogP contribution in [0.4, 0.5) is 10.5 Å². The van der Waals surface area contributed by atoms with Gasteiger partial charge in [-0.05, 0) is 40.5 Å². The lowest BCUT2D eigenvalue weighted by molar-refractivity contribution is 0.0690. The molecule has 2 N–H and O–H groups in total. The van der Waals surface area contributed by atoms with Crippen molar-refractivity contribution in [2.24, 2.45) is 0 Å². The highest BCUT2D eigenvalue weighted by molar-refractivity contribution is 5.86.